The molecule has 9 nitrogen and oxygen atoms in total. The molecule has 184 valence electrons. The number of imidazole rings is 1. The van der Waals surface area contributed by atoms with Gasteiger partial charge in [-0.15, -0.1) is 5.10 Å². The van der Waals surface area contributed by atoms with Crippen LogP contribution in [0, 0.1) is 13.8 Å². The van der Waals surface area contributed by atoms with E-state index in [-0.39, 0.29) is 0 Å². The van der Waals surface area contributed by atoms with Crippen molar-refractivity contribution in [3.63, 3.8) is 0 Å². The maximum Gasteiger partial charge on any atom is 0.179 e. The molecule has 0 atom stereocenters. The molecule has 0 unspecified atom stereocenters. The molecule has 3 aromatic heterocycles. The van der Waals surface area contributed by atoms with Gasteiger partial charge in [0.2, 0.25) is 0 Å². The van der Waals surface area contributed by atoms with Crippen LogP contribution >= 0.6 is 0 Å². The number of H-pyrrole nitrogens is 1. The molecule has 0 radical (unpaired) electrons. The normalized spacial score (nSPS) is 11.2. The van der Waals surface area contributed by atoms with Gasteiger partial charge < -0.3 is 14.0 Å². The van der Waals surface area contributed by atoms with Gasteiger partial charge in [0.1, 0.15) is 29.4 Å². The van der Waals surface area contributed by atoms with Gasteiger partial charge in [0.15, 0.2) is 11.5 Å². The van der Waals surface area contributed by atoms with Gasteiger partial charge in [0.05, 0.1) is 13.2 Å². The molecule has 3 heterocycles. The molecule has 2 aromatic carbocycles. The summed E-state index contributed by atoms with van der Waals surface area (Å²) in [4.78, 5) is 9.62. The molecular formula is C27H29N7O2. The molecule has 5 aromatic rings. The number of aromatic amines is 1. The third-order valence-corrected chi connectivity index (χ3v) is 6.06. The van der Waals surface area contributed by atoms with Crippen LogP contribution in [0.2, 0.25) is 0 Å². The van der Waals surface area contributed by atoms with Crippen LogP contribution < -0.4 is 9.47 Å². The van der Waals surface area contributed by atoms with Gasteiger partial charge >= 0.3 is 0 Å². The van der Waals surface area contributed by atoms with E-state index in [0.29, 0.717) is 25.6 Å². The number of rotatable bonds is 9. The summed E-state index contributed by atoms with van der Waals surface area (Å²) in [6.07, 6.45) is 0.851. The van der Waals surface area contributed by atoms with Crippen molar-refractivity contribution in [2.45, 2.75) is 47.3 Å². The van der Waals surface area contributed by atoms with Crippen LogP contribution in [0.4, 0.5) is 0 Å². The van der Waals surface area contributed by atoms with Crippen molar-refractivity contribution in [2.24, 2.45) is 0 Å². The van der Waals surface area contributed by atoms with Crippen molar-refractivity contribution in [2.75, 3.05) is 6.61 Å². The number of aryl methyl sites for hydroxylation is 3. The fourth-order valence-corrected chi connectivity index (χ4v) is 4.31. The molecule has 0 saturated carbocycles. The minimum absolute atomic E-state index is 0.387. The Morgan fingerprint density at radius 3 is 2.50 bits per heavy atom. The summed E-state index contributed by atoms with van der Waals surface area (Å²) < 4.78 is 14.1. The molecule has 0 aliphatic carbocycles. The van der Waals surface area contributed by atoms with E-state index in [1.165, 1.54) is 0 Å². The first kappa shape index (κ1) is 23.5. The number of fused-ring (bicyclic) bond motifs is 1. The Morgan fingerprint density at radius 1 is 0.944 bits per heavy atom. The quantitative estimate of drug-likeness (QED) is 0.321. The highest BCUT2D eigenvalue weighted by molar-refractivity contribution is 5.76. The lowest BCUT2D eigenvalue weighted by atomic mass is 10.1. The van der Waals surface area contributed by atoms with E-state index >= 15 is 0 Å². The van der Waals surface area contributed by atoms with Crippen molar-refractivity contribution in [1.29, 1.82) is 0 Å². The van der Waals surface area contributed by atoms with Gasteiger partial charge in [-0.2, -0.15) is 0 Å². The van der Waals surface area contributed by atoms with Crippen LogP contribution in [-0.2, 0) is 19.6 Å². The average molecular weight is 484 g/mol. The molecule has 5 rings (SSSR count). The Kier molecular flexibility index (Phi) is 6.62. The van der Waals surface area contributed by atoms with Crippen LogP contribution in [0.1, 0.15) is 42.1 Å². The molecule has 1 N–H and O–H groups in total. The van der Waals surface area contributed by atoms with Gasteiger partial charge in [0.25, 0.3) is 0 Å². The highest BCUT2D eigenvalue weighted by atomic mass is 16.5. The highest BCUT2D eigenvalue weighted by Gasteiger charge is 2.14. The SMILES string of the molecule is CCOc1cc(-c2nnn[nH]2)ccc1COc1ccc(Cn2c(CC)nc3c(C)cc(C)nc32)cc1. The van der Waals surface area contributed by atoms with Crippen molar-refractivity contribution in [3.8, 4) is 22.9 Å². The molecule has 0 amide bonds. The zero-order valence-corrected chi connectivity index (χ0v) is 20.9. The Morgan fingerprint density at radius 2 is 1.78 bits per heavy atom. The Bertz CT molecular complexity index is 1470. The highest BCUT2D eigenvalue weighted by Crippen LogP contribution is 2.27. The summed E-state index contributed by atoms with van der Waals surface area (Å²) in [5.74, 6) is 3.18. The monoisotopic (exact) mass is 483 g/mol. The van der Waals surface area contributed by atoms with Crippen LogP contribution in [-0.4, -0.2) is 41.8 Å². The Hall–Kier alpha value is -4.27. The van der Waals surface area contributed by atoms with Gasteiger partial charge in [0, 0.05) is 23.2 Å². The van der Waals surface area contributed by atoms with E-state index in [1.807, 2.05) is 44.2 Å². The van der Waals surface area contributed by atoms with Crippen LogP contribution in [0.3, 0.4) is 0 Å². The molecule has 0 bridgehead atoms. The Labute approximate surface area is 209 Å². The average Bonchev–Trinajstić information content (AvgIpc) is 3.53. The maximum absolute atomic E-state index is 6.09. The van der Waals surface area contributed by atoms with E-state index in [0.717, 1.165) is 62.9 Å². The fourth-order valence-electron chi connectivity index (χ4n) is 4.31. The summed E-state index contributed by atoms with van der Waals surface area (Å²) >= 11 is 0. The molecule has 0 spiro atoms. The summed E-state index contributed by atoms with van der Waals surface area (Å²) in [6, 6.07) is 16.1. The summed E-state index contributed by atoms with van der Waals surface area (Å²) in [6.45, 7) is 9.85. The minimum Gasteiger partial charge on any atom is -0.493 e. The molecule has 9 heteroatoms. The predicted molar refractivity (Wildman–Crippen MR) is 137 cm³/mol. The molecule has 0 aliphatic rings. The first-order chi connectivity index (χ1) is 17.6. The van der Waals surface area contributed by atoms with Crippen molar-refractivity contribution in [3.05, 3.63) is 76.7 Å². The van der Waals surface area contributed by atoms with Crippen LogP contribution in [0.5, 0.6) is 11.5 Å². The van der Waals surface area contributed by atoms with E-state index in [4.69, 9.17) is 19.4 Å². The van der Waals surface area contributed by atoms with Crippen molar-refractivity contribution >= 4 is 11.2 Å². The first-order valence-corrected chi connectivity index (χ1v) is 12.1. The number of nitrogens with zero attached hydrogens (tertiary/aromatic N) is 6. The standard InChI is InChI=1S/C27H29N7O2/c1-5-24-29-25-17(3)13-18(4)28-27(25)34(24)15-19-7-11-22(12-8-19)36-16-21-10-9-20(14-23(21)35-6-2)26-30-32-33-31-26/h7-14H,5-6,15-16H2,1-4H3,(H,30,31,32,33). The number of nitrogens with one attached hydrogen (secondary N) is 1. The van der Waals surface area contributed by atoms with Crippen LogP contribution in [0.25, 0.3) is 22.6 Å². The minimum atomic E-state index is 0.387. The fraction of sp³-hybridized carbons (Fsp3) is 0.296. The van der Waals surface area contributed by atoms with E-state index in [9.17, 15) is 0 Å². The number of hydrogen-bond acceptors (Lipinski definition) is 7. The van der Waals surface area contributed by atoms with Gasteiger partial charge in [-0.1, -0.05) is 31.2 Å². The summed E-state index contributed by atoms with van der Waals surface area (Å²) in [5.41, 5.74) is 7.06. The second-order valence-electron chi connectivity index (χ2n) is 8.66. The number of pyridine rings is 1. The predicted octanol–water partition coefficient (Wildman–Crippen LogP) is 4.82. The van der Waals surface area contributed by atoms with E-state index in [1.54, 1.807) is 0 Å². The second-order valence-corrected chi connectivity index (χ2v) is 8.66. The lowest BCUT2D eigenvalue weighted by molar-refractivity contribution is 0.286. The van der Waals surface area contributed by atoms with E-state index in [2.05, 4.69) is 57.2 Å². The van der Waals surface area contributed by atoms with Crippen LogP contribution in [0.15, 0.2) is 48.5 Å². The third-order valence-electron chi connectivity index (χ3n) is 6.06. The number of hydrogen-bond donors (Lipinski definition) is 1. The number of aromatic nitrogens is 7. The number of benzene rings is 2. The Balaban J connectivity index is 1.31. The lowest BCUT2D eigenvalue weighted by Crippen LogP contribution is -2.06. The zero-order chi connectivity index (χ0) is 25.1. The third kappa shape index (κ3) is 4.77. The number of ether oxygens (including phenoxy) is 2. The van der Waals surface area contributed by atoms with E-state index < -0.39 is 0 Å². The molecule has 0 aliphatic heterocycles. The van der Waals surface area contributed by atoms with Crippen molar-refractivity contribution in [1.82, 2.24) is 35.2 Å². The molecular weight excluding hydrogens is 454 g/mol. The van der Waals surface area contributed by atoms with Crippen molar-refractivity contribution < 1.29 is 9.47 Å². The maximum atomic E-state index is 6.09. The number of tetrazole rings is 1. The summed E-state index contributed by atoms with van der Waals surface area (Å²) in [7, 11) is 0. The molecule has 0 saturated heterocycles. The summed E-state index contributed by atoms with van der Waals surface area (Å²) in [5, 5.41) is 14.0. The lowest BCUT2D eigenvalue weighted by Gasteiger charge is -2.13. The smallest absolute Gasteiger partial charge is 0.179 e. The van der Waals surface area contributed by atoms with Gasteiger partial charge in [-0.25, -0.2) is 15.1 Å². The first-order valence-electron chi connectivity index (χ1n) is 12.1. The largest absolute Gasteiger partial charge is 0.493 e. The second kappa shape index (κ2) is 10.2. The molecule has 36 heavy (non-hydrogen) atoms. The topological polar surface area (TPSA) is 104 Å². The van der Waals surface area contributed by atoms with Gasteiger partial charge in [-0.05, 0) is 66.6 Å². The molecule has 0 fully saturated rings. The zero-order valence-electron chi connectivity index (χ0n) is 20.9. The van der Waals surface area contributed by atoms with Gasteiger partial charge in [-0.3, -0.25) is 0 Å².